The Hall–Kier alpha value is -3.98. The molecule has 0 aliphatic carbocycles. The summed E-state index contributed by atoms with van der Waals surface area (Å²) in [7, 11) is 1.56. The molecule has 0 radical (unpaired) electrons. The van der Waals surface area contributed by atoms with Crippen molar-refractivity contribution >= 4 is 29.1 Å². The molecule has 2 amide bonds. The zero-order valence-electron chi connectivity index (χ0n) is 16.9. The van der Waals surface area contributed by atoms with Crippen LogP contribution in [0.3, 0.4) is 0 Å². The number of rotatable bonds is 7. The van der Waals surface area contributed by atoms with E-state index in [2.05, 4.69) is 20.6 Å². The summed E-state index contributed by atoms with van der Waals surface area (Å²) in [6, 6.07) is 15.7. The topological polar surface area (TPSA) is 128 Å². The van der Waals surface area contributed by atoms with E-state index in [9.17, 15) is 9.18 Å². The fraction of sp³-hybridized carbons (Fsp3) is 0.136. The number of nitrogen functional groups attached to an aromatic ring is 1. The van der Waals surface area contributed by atoms with Crippen molar-refractivity contribution < 1.29 is 13.9 Å². The molecule has 0 spiro atoms. The monoisotopic (exact) mass is 422 g/mol. The van der Waals surface area contributed by atoms with Gasteiger partial charge in [0.05, 0.1) is 23.9 Å². The predicted octanol–water partition coefficient (Wildman–Crippen LogP) is 3.35. The van der Waals surface area contributed by atoms with E-state index in [4.69, 9.17) is 16.2 Å². The third-order valence-corrected chi connectivity index (χ3v) is 4.37. The van der Waals surface area contributed by atoms with E-state index in [0.29, 0.717) is 17.9 Å². The molecule has 3 rings (SSSR count). The number of hydrogen-bond donors (Lipinski definition) is 4. The number of aromatic nitrogens is 1. The van der Waals surface area contributed by atoms with E-state index in [0.717, 1.165) is 5.56 Å². The van der Waals surface area contributed by atoms with Crippen LogP contribution in [0.2, 0.25) is 0 Å². The number of benzene rings is 2. The Kier molecular flexibility index (Phi) is 7.13. The van der Waals surface area contributed by atoms with Crippen molar-refractivity contribution in [3.8, 4) is 0 Å². The van der Waals surface area contributed by atoms with Crippen molar-refractivity contribution in [1.29, 1.82) is 0 Å². The molecule has 1 aromatic heterocycles. The average molecular weight is 422 g/mol. The molecule has 1 heterocycles. The van der Waals surface area contributed by atoms with Gasteiger partial charge >= 0.3 is 6.03 Å². The Balaban J connectivity index is 1.69. The molecule has 0 aliphatic rings. The highest BCUT2D eigenvalue weighted by Crippen LogP contribution is 2.19. The number of urea groups is 1. The van der Waals surface area contributed by atoms with Gasteiger partial charge in [0.2, 0.25) is 0 Å². The first-order valence-corrected chi connectivity index (χ1v) is 9.43. The molecular weight excluding hydrogens is 399 g/mol. The number of carbonyl (C=O) groups excluding carboxylic acids is 1. The minimum Gasteiger partial charge on any atom is -0.398 e. The minimum atomic E-state index is -0.460. The Labute approximate surface area is 179 Å². The van der Waals surface area contributed by atoms with Crippen LogP contribution >= 0.6 is 0 Å². The number of pyridine rings is 1. The summed E-state index contributed by atoms with van der Waals surface area (Å²) < 4.78 is 18.2. The highest BCUT2D eigenvalue weighted by molar-refractivity contribution is 6.03. The molecule has 9 heteroatoms. The molecule has 2 aromatic carbocycles. The second-order valence-corrected chi connectivity index (χ2v) is 6.65. The summed E-state index contributed by atoms with van der Waals surface area (Å²) >= 11 is 0. The SMILES string of the molecule is COC[C@@H](NC(=O)Nc1cc(N)c(C(N)=Nc2ccc(F)cc2)cn1)c1ccccc1. The Morgan fingerprint density at radius 2 is 1.90 bits per heavy atom. The summed E-state index contributed by atoms with van der Waals surface area (Å²) in [5, 5.41) is 5.49. The van der Waals surface area contributed by atoms with Crippen LogP contribution in [-0.4, -0.2) is 30.6 Å². The number of nitrogens with one attached hydrogen (secondary N) is 2. The molecule has 0 bridgehead atoms. The lowest BCUT2D eigenvalue weighted by Gasteiger charge is -2.18. The quantitative estimate of drug-likeness (QED) is 0.343. The second-order valence-electron chi connectivity index (χ2n) is 6.65. The maximum atomic E-state index is 13.0. The molecule has 1 atom stereocenters. The summed E-state index contributed by atoms with van der Waals surface area (Å²) in [6.45, 7) is 0.308. The third kappa shape index (κ3) is 6.00. The highest BCUT2D eigenvalue weighted by Gasteiger charge is 2.15. The number of aliphatic imine (C=N–C) groups is 1. The first-order valence-electron chi connectivity index (χ1n) is 9.43. The van der Waals surface area contributed by atoms with Crippen LogP contribution in [0.4, 0.5) is 26.4 Å². The van der Waals surface area contributed by atoms with Crippen molar-refractivity contribution in [1.82, 2.24) is 10.3 Å². The molecule has 0 fully saturated rings. The van der Waals surface area contributed by atoms with E-state index in [1.54, 1.807) is 7.11 Å². The molecular formula is C22H23FN6O2. The van der Waals surface area contributed by atoms with E-state index in [1.807, 2.05) is 30.3 Å². The number of hydrogen-bond acceptors (Lipinski definition) is 5. The minimum absolute atomic E-state index is 0.122. The van der Waals surface area contributed by atoms with Crippen LogP contribution < -0.4 is 22.1 Å². The van der Waals surface area contributed by atoms with Crippen LogP contribution in [0.1, 0.15) is 17.2 Å². The van der Waals surface area contributed by atoms with Crippen LogP contribution in [0.25, 0.3) is 0 Å². The number of carbonyl (C=O) groups is 1. The van der Waals surface area contributed by atoms with E-state index >= 15 is 0 Å². The summed E-state index contributed by atoms with van der Waals surface area (Å²) in [4.78, 5) is 20.8. The number of nitrogens with zero attached hydrogens (tertiary/aromatic N) is 2. The Morgan fingerprint density at radius 1 is 1.19 bits per heavy atom. The lowest BCUT2D eigenvalue weighted by molar-refractivity contribution is 0.168. The van der Waals surface area contributed by atoms with Gasteiger partial charge in [0.15, 0.2) is 0 Å². The number of halogens is 1. The molecule has 0 aliphatic heterocycles. The molecule has 6 N–H and O–H groups in total. The van der Waals surface area contributed by atoms with Gasteiger partial charge in [0.1, 0.15) is 17.5 Å². The first kappa shape index (κ1) is 21.7. The number of amidine groups is 1. The standard InChI is InChI=1S/C22H23FN6O2/c1-31-13-19(14-5-3-2-4-6-14)28-22(30)29-20-11-18(24)17(12-26-20)21(25)27-16-9-7-15(23)8-10-16/h2-12,19H,13H2,1H3,(H2,25,27)(H4,24,26,28,29,30)/t19-/m1/s1. The zero-order valence-corrected chi connectivity index (χ0v) is 16.9. The summed E-state index contributed by atoms with van der Waals surface area (Å²) in [5.74, 6) is 0.00168. The fourth-order valence-corrected chi connectivity index (χ4v) is 2.85. The van der Waals surface area contributed by atoms with Crippen molar-refractivity contribution in [3.63, 3.8) is 0 Å². The van der Waals surface area contributed by atoms with E-state index in [1.165, 1.54) is 36.5 Å². The van der Waals surface area contributed by atoms with E-state index < -0.39 is 6.03 Å². The van der Waals surface area contributed by atoms with Crippen LogP contribution in [-0.2, 0) is 4.74 Å². The van der Waals surface area contributed by atoms with Gasteiger partial charge in [-0.1, -0.05) is 30.3 Å². The molecule has 0 saturated carbocycles. The van der Waals surface area contributed by atoms with Gasteiger partial charge < -0.3 is 21.5 Å². The fourth-order valence-electron chi connectivity index (χ4n) is 2.85. The Bertz CT molecular complexity index is 1060. The number of amides is 2. The number of ether oxygens (including phenoxy) is 1. The van der Waals surface area contributed by atoms with E-state index in [-0.39, 0.29) is 29.2 Å². The van der Waals surface area contributed by atoms with Gasteiger partial charge in [0, 0.05) is 25.1 Å². The smallest absolute Gasteiger partial charge is 0.320 e. The van der Waals surface area contributed by atoms with Gasteiger partial charge in [0.25, 0.3) is 0 Å². The highest BCUT2D eigenvalue weighted by atomic mass is 19.1. The molecule has 3 aromatic rings. The van der Waals surface area contributed by atoms with Gasteiger partial charge in [-0.2, -0.15) is 0 Å². The second kappa shape index (κ2) is 10.2. The normalized spacial score (nSPS) is 12.3. The van der Waals surface area contributed by atoms with Crippen LogP contribution in [0.15, 0.2) is 71.9 Å². The van der Waals surface area contributed by atoms with Crippen molar-refractivity contribution in [2.24, 2.45) is 10.7 Å². The summed E-state index contributed by atoms with van der Waals surface area (Å²) in [6.07, 6.45) is 1.41. The van der Waals surface area contributed by atoms with Crippen molar-refractivity contribution in [3.05, 3.63) is 83.8 Å². The van der Waals surface area contributed by atoms with Gasteiger partial charge in [-0.25, -0.2) is 19.2 Å². The maximum Gasteiger partial charge on any atom is 0.320 e. The van der Waals surface area contributed by atoms with Crippen LogP contribution in [0.5, 0.6) is 0 Å². The largest absolute Gasteiger partial charge is 0.398 e. The zero-order chi connectivity index (χ0) is 22.2. The molecule has 31 heavy (non-hydrogen) atoms. The Morgan fingerprint density at radius 3 is 2.55 bits per heavy atom. The molecule has 0 unspecified atom stereocenters. The molecule has 0 saturated heterocycles. The number of methoxy groups -OCH3 is 1. The predicted molar refractivity (Wildman–Crippen MR) is 119 cm³/mol. The van der Waals surface area contributed by atoms with Gasteiger partial charge in [-0.3, -0.25) is 5.32 Å². The molecule has 160 valence electrons. The molecule has 8 nitrogen and oxygen atoms in total. The third-order valence-electron chi connectivity index (χ3n) is 4.37. The average Bonchev–Trinajstić information content (AvgIpc) is 2.75. The first-order chi connectivity index (χ1) is 15.0. The lowest BCUT2D eigenvalue weighted by atomic mass is 10.1. The lowest BCUT2D eigenvalue weighted by Crippen LogP contribution is -2.35. The maximum absolute atomic E-state index is 13.0. The van der Waals surface area contributed by atoms with Gasteiger partial charge in [-0.15, -0.1) is 0 Å². The summed E-state index contributed by atoms with van der Waals surface area (Å²) in [5.41, 5.74) is 14.1. The van der Waals surface area contributed by atoms with Crippen molar-refractivity contribution in [2.45, 2.75) is 6.04 Å². The van der Waals surface area contributed by atoms with Crippen LogP contribution in [0, 0.1) is 5.82 Å². The van der Waals surface area contributed by atoms with Gasteiger partial charge in [-0.05, 0) is 29.8 Å². The van der Waals surface area contributed by atoms with Crippen molar-refractivity contribution in [2.75, 3.05) is 24.8 Å². The number of anilines is 2. The number of nitrogens with two attached hydrogens (primary N) is 2.